The second-order valence-electron chi connectivity index (χ2n) is 5.90. The lowest BCUT2D eigenvalue weighted by Crippen LogP contribution is -2.36. The van der Waals surface area contributed by atoms with E-state index in [1.54, 1.807) is 6.33 Å². The number of nitrogens with one attached hydrogen (secondary N) is 2. The Kier molecular flexibility index (Phi) is 6.73. The van der Waals surface area contributed by atoms with Crippen LogP contribution in [-0.2, 0) is 17.8 Å². The Morgan fingerprint density at radius 2 is 2.10 bits per heavy atom. The highest BCUT2D eigenvalue weighted by Gasteiger charge is 2.14. The van der Waals surface area contributed by atoms with Gasteiger partial charge in [-0.05, 0) is 19.4 Å². The smallest absolute Gasteiger partial charge is 0.240 e. The van der Waals surface area contributed by atoms with Crippen LogP contribution in [0.1, 0.15) is 51.1 Å². The number of imidazole rings is 1. The zero-order valence-electron chi connectivity index (χ0n) is 13.1. The molecule has 1 amide bonds. The van der Waals surface area contributed by atoms with Crippen LogP contribution >= 0.6 is 0 Å². The van der Waals surface area contributed by atoms with Crippen molar-refractivity contribution in [3.63, 3.8) is 0 Å². The SMILES string of the molecule is CCNCCc1cn(CC(=O)NC2CCCCCC2)cn1. The standard InChI is InChI=1S/C16H28N4O/c1-2-17-10-9-15-11-20(13-18-15)12-16(21)19-14-7-5-3-4-6-8-14/h11,13-14,17H,2-10,12H2,1H3,(H,19,21). The number of hydrogen-bond donors (Lipinski definition) is 2. The lowest BCUT2D eigenvalue weighted by Gasteiger charge is -2.16. The van der Waals surface area contributed by atoms with Crippen molar-refractivity contribution in [2.75, 3.05) is 13.1 Å². The Hall–Kier alpha value is -1.36. The number of carbonyl (C=O) groups is 1. The molecule has 5 heteroatoms. The van der Waals surface area contributed by atoms with Gasteiger partial charge in [-0.2, -0.15) is 0 Å². The van der Waals surface area contributed by atoms with Gasteiger partial charge >= 0.3 is 0 Å². The maximum atomic E-state index is 12.1. The maximum Gasteiger partial charge on any atom is 0.240 e. The molecule has 1 aromatic rings. The monoisotopic (exact) mass is 292 g/mol. The van der Waals surface area contributed by atoms with E-state index in [0.717, 1.165) is 38.0 Å². The van der Waals surface area contributed by atoms with Crippen LogP contribution in [0, 0.1) is 0 Å². The normalized spacial score (nSPS) is 16.6. The van der Waals surface area contributed by atoms with E-state index in [1.165, 1.54) is 25.7 Å². The van der Waals surface area contributed by atoms with Crippen molar-refractivity contribution in [3.05, 3.63) is 18.2 Å². The fraction of sp³-hybridized carbons (Fsp3) is 0.750. The van der Waals surface area contributed by atoms with Crippen molar-refractivity contribution >= 4 is 5.91 Å². The molecule has 1 heterocycles. The number of amides is 1. The van der Waals surface area contributed by atoms with Crippen molar-refractivity contribution in [2.24, 2.45) is 0 Å². The van der Waals surface area contributed by atoms with Gasteiger partial charge in [0.15, 0.2) is 0 Å². The van der Waals surface area contributed by atoms with Gasteiger partial charge in [0.25, 0.3) is 0 Å². The zero-order valence-corrected chi connectivity index (χ0v) is 13.1. The molecule has 0 unspecified atom stereocenters. The van der Waals surface area contributed by atoms with Crippen molar-refractivity contribution < 1.29 is 4.79 Å². The molecule has 0 aliphatic heterocycles. The molecule has 0 atom stereocenters. The average Bonchev–Trinajstić information content (AvgIpc) is 2.74. The van der Waals surface area contributed by atoms with Crippen LogP contribution in [0.3, 0.4) is 0 Å². The quantitative estimate of drug-likeness (QED) is 0.596. The number of likely N-dealkylation sites (N-methyl/N-ethyl adjacent to an activating group) is 1. The van der Waals surface area contributed by atoms with E-state index >= 15 is 0 Å². The fourth-order valence-corrected chi connectivity index (χ4v) is 2.88. The Labute approximate surface area is 127 Å². The van der Waals surface area contributed by atoms with E-state index in [2.05, 4.69) is 22.5 Å². The first-order valence-corrected chi connectivity index (χ1v) is 8.28. The summed E-state index contributed by atoms with van der Waals surface area (Å²) >= 11 is 0. The predicted octanol–water partition coefficient (Wildman–Crippen LogP) is 1.87. The van der Waals surface area contributed by atoms with Crippen molar-refractivity contribution in [1.29, 1.82) is 0 Å². The summed E-state index contributed by atoms with van der Waals surface area (Å²) in [5.41, 5.74) is 1.04. The van der Waals surface area contributed by atoms with Gasteiger partial charge in [0.2, 0.25) is 5.91 Å². The lowest BCUT2D eigenvalue weighted by atomic mass is 10.1. The summed E-state index contributed by atoms with van der Waals surface area (Å²) in [6, 6.07) is 0.372. The van der Waals surface area contributed by atoms with Gasteiger partial charge in [-0.15, -0.1) is 0 Å². The molecule has 1 aliphatic carbocycles. The van der Waals surface area contributed by atoms with Crippen LogP contribution < -0.4 is 10.6 Å². The maximum absolute atomic E-state index is 12.1. The molecule has 2 N–H and O–H groups in total. The summed E-state index contributed by atoms with van der Waals surface area (Å²) in [6.45, 7) is 4.38. The average molecular weight is 292 g/mol. The Bertz CT molecular complexity index is 422. The van der Waals surface area contributed by atoms with E-state index in [1.807, 2.05) is 10.8 Å². The van der Waals surface area contributed by atoms with E-state index < -0.39 is 0 Å². The molecule has 118 valence electrons. The molecule has 0 radical (unpaired) electrons. The number of aromatic nitrogens is 2. The van der Waals surface area contributed by atoms with Gasteiger partial charge in [0.05, 0.1) is 12.0 Å². The minimum atomic E-state index is 0.109. The Morgan fingerprint density at radius 3 is 2.81 bits per heavy atom. The molecule has 0 bridgehead atoms. The molecule has 1 saturated carbocycles. The summed E-state index contributed by atoms with van der Waals surface area (Å²) in [6.07, 6.45) is 12.0. The van der Waals surface area contributed by atoms with Crippen molar-refractivity contribution in [2.45, 2.75) is 64.5 Å². The number of hydrogen-bond acceptors (Lipinski definition) is 3. The summed E-state index contributed by atoms with van der Waals surface area (Å²) in [7, 11) is 0. The minimum Gasteiger partial charge on any atom is -0.352 e. The summed E-state index contributed by atoms with van der Waals surface area (Å²) < 4.78 is 1.88. The molecule has 1 aromatic heterocycles. The summed E-state index contributed by atoms with van der Waals surface area (Å²) in [4.78, 5) is 16.4. The molecular formula is C16H28N4O. The molecular weight excluding hydrogens is 264 g/mol. The molecule has 1 fully saturated rings. The number of carbonyl (C=O) groups excluding carboxylic acids is 1. The van der Waals surface area contributed by atoms with Gasteiger partial charge in [-0.25, -0.2) is 4.98 Å². The van der Waals surface area contributed by atoms with Crippen LogP contribution in [0.25, 0.3) is 0 Å². The van der Waals surface area contributed by atoms with E-state index in [9.17, 15) is 4.79 Å². The molecule has 2 rings (SSSR count). The third-order valence-corrected chi connectivity index (χ3v) is 4.04. The lowest BCUT2D eigenvalue weighted by molar-refractivity contribution is -0.122. The van der Waals surface area contributed by atoms with Crippen LogP contribution in [-0.4, -0.2) is 34.6 Å². The van der Waals surface area contributed by atoms with Crippen LogP contribution in [0.15, 0.2) is 12.5 Å². The number of rotatable bonds is 7. The summed E-state index contributed by atoms with van der Waals surface area (Å²) in [5, 5.41) is 6.45. The van der Waals surface area contributed by atoms with Crippen LogP contribution in [0.2, 0.25) is 0 Å². The van der Waals surface area contributed by atoms with Crippen LogP contribution in [0.5, 0.6) is 0 Å². The van der Waals surface area contributed by atoms with Crippen molar-refractivity contribution in [3.8, 4) is 0 Å². The molecule has 1 aliphatic rings. The largest absolute Gasteiger partial charge is 0.352 e. The van der Waals surface area contributed by atoms with E-state index in [4.69, 9.17) is 0 Å². The fourth-order valence-electron chi connectivity index (χ4n) is 2.88. The third-order valence-electron chi connectivity index (χ3n) is 4.04. The van der Waals surface area contributed by atoms with Gasteiger partial charge in [-0.3, -0.25) is 4.79 Å². The highest BCUT2D eigenvalue weighted by molar-refractivity contribution is 5.76. The molecule has 5 nitrogen and oxygen atoms in total. The second kappa shape index (κ2) is 8.82. The number of nitrogens with zero attached hydrogens (tertiary/aromatic N) is 2. The molecule has 21 heavy (non-hydrogen) atoms. The van der Waals surface area contributed by atoms with E-state index in [0.29, 0.717) is 12.6 Å². The van der Waals surface area contributed by atoms with Gasteiger partial charge in [0, 0.05) is 25.2 Å². The first kappa shape index (κ1) is 16.0. The topological polar surface area (TPSA) is 59.0 Å². The molecule has 0 spiro atoms. The first-order chi connectivity index (χ1) is 10.3. The zero-order chi connectivity index (χ0) is 14.9. The highest BCUT2D eigenvalue weighted by Crippen LogP contribution is 2.17. The van der Waals surface area contributed by atoms with Gasteiger partial charge in [0.1, 0.15) is 6.54 Å². The van der Waals surface area contributed by atoms with Gasteiger partial charge in [-0.1, -0.05) is 32.6 Å². The highest BCUT2D eigenvalue weighted by atomic mass is 16.2. The van der Waals surface area contributed by atoms with Crippen molar-refractivity contribution in [1.82, 2.24) is 20.2 Å². The van der Waals surface area contributed by atoms with E-state index in [-0.39, 0.29) is 5.91 Å². The predicted molar refractivity (Wildman–Crippen MR) is 84.1 cm³/mol. The Morgan fingerprint density at radius 1 is 1.33 bits per heavy atom. The first-order valence-electron chi connectivity index (χ1n) is 8.28. The molecule has 0 aromatic carbocycles. The van der Waals surface area contributed by atoms with Crippen LogP contribution in [0.4, 0.5) is 0 Å². The molecule has 0 saturated heterocycles. The third kappa shape index (κ3) is 5.87. The second-order valence-corrected chi connectivity index (χ2v) is 5.90. The summed E-state index contributed by atoms with van der Waals surface area (Å²) in [5.74, 6) is 0.109. The Balaban J connectivity index is 1.74. The minimum absolute atomic E-state index is 0.109. The van der Waals surface area contributed by atoms with Gasteiger partial charge < -0.3 is 15.2 Å².